The van der Waals surface area contributed by atoms with Gasteiger partial charge in [0.1, 0.15) is 11.5 Å². The van der Waals surface area contributed by atoms with Crippen LogP contribution >= 0.6 is 0 Å². The summed E-state index contributed by atoms with van der Waals surface area (Å²) in [4.78, 5) is 17.0. The third-order valence-electron chi connectivity index (χ3n) is 9.92. The van der Waals surface area contributed by atoms with Crippen molar-refractivity contribution in [2.45, 2.75) is 0 Å². The molecule has 0 radical (unpaired) electrons. The molecular weight excluding hydrogens is 661 g/mol. The number of ether oxygens (including phenoxy) is 1. The Morgan fingerprint density at radius 2 is 0.833 bits per heavy atom. The highest BCUT2D eigenvalue weighted by Gasteiger charge is 2.24. The second-order valence-electron chi connectivity index (χ2n) is 13.2. The molecule has 0 saturated carbocycles. The lowest BCUT2D eigenvalue weighted by atomic mass is 9.90. The molecule has 0 atom stereocenters. The van der Waals surface area contributed by atoms with Crippen molar-refractivity contribution in [3.05, 3.63) is 194 Å². The van der Waals surface area contributed by atoms with Crippen molar-refractivity contribution in [2.75, 3.05) is 4.90 Å². The first-order chi connectivity index (χ1) is 26.8. The number of rotatable bonds is 7. The number of hydrogen-bond acceptors (Lipinski definition) is 5. The quantitative estimate of drug-likeness (QED) is 0.166. The van der Waals surface area contributed by atoms with Gasteiger partial charge in [-0.3, -0.25) is 0 Å². The van der Waals surface area contributed by atoms with Crippen LogP contribution in [0, 0.1) is 0 Å². The molecule has 0 spiro atoms. The van der Waals surface area contributed by atoms with Gasteiger partial charge in [0, 0.05) is 50.8 Å². The highest BCUT2D eigenvalue weighted by atomic mass is 16.5. The summed E-state index contributed by atoms with van der Waals surface area (Å²) in [5.74, 6) is 3.61. The second-order valence-corrected chi connectivity index (χ2v) is 13.2. The van der Waals surface area contributed by atoms with Crippen molar-refractivity contribution in [1.82, 2.24) is 15.0 Å². The lowest BCUT2D eigenvalue weighted by Crippen LogP contribution is -2.10. The maximum Gasteiger partial charge on any atom is 0.164 e. The minimum Gasteiger partial charge on any atom is -0.456 e. The van der Waals surface area contributed by atoms with E-state index in [1.807, 2.05) is 72.8 Å². The molecule has 1 aliphatic rings. The standard InChI is InChI=1S/C49H32N4O/c1-5-14-34(15-6-1)47-50-48(35-16-7-2-8-17-35)52-49(51-47)36-26-24-33(25-27-36)40-30-31-44-46-42(40)22-13-23-43(46)41-29-28-39(32-45(41)54-44)53(37-18-9-3-10-19-37)38-20-11-4-12-21-38/h1-32H. The molecule has 5 nitrogen and oxygen atoms in total. The largest absolute Gasteiger partial charge is 0.456 e. The minimum absolute atomic E-state index is 0.633. The average molecular weight is 693 g/mol. The smallest absolute Gasteiger partial charge is 0.164 e. The lowest BCUT2D eigenvalue weighted by molar-refractivity contribution is 0.487. The third-order valence-corrected chi connectivity index (χ3v) is 9.92. The zero-order chi connectivity index (χ0) is 35.8. The van der Waals surface area contributed by atoms with E-state index in [4.69, 9.17) is 19.7 Å². The molecule has 10 rings (SSSR count). The first kappa shape index (κ1) is 31.4. The summed E-state index contributed by atoms with van der Waals surface area (Å²) < 4.78 is 6.73. The van der Waals surface area contributed by atoms with Crippen LogP contribution in [0.4, 0.5) is 17.1 Å². The summed E-state index contributed by atoms with van der Waals surface area (Å²) >= 11 is 0. The molecule has 0 aliphatic carbocycles. The molecule has 0 unspecified atom stereocenters. The van der Waals surface area contributed by atoms with Crippen molar-refractivity contribution in [3.8, 4) is 67.9 Å². The molecule has 0 fully saturated rings. The molecule has 1 aliphatic heterocycles. The van der Waals surface area contributed by atoms with E-state index in [0.29, 0.717) is 17.5 Å². The van der Waals surface area contributed by atoms with Gasteiger partial charge in [-0.1, -0.05) is 146 Å². The van der Waals surface area contributed by atoms with Gasteiger partial charge in [0.15, 0.2) is 17.5 Å². The topological polar surface area (TPSA) is 51.1 Å². The fourth-order valence-corrected chi connectivity index (χ4v) is 7.35. The summed E-state index contributed by atoms with van der Waals surface area (Å²) in [6.07, 6.45) is 0. The predicted molar refractivity (Wildman–Crippen MR) is 219 cm³/mol. The fourth-order valence-electron chi connectivity index (χ4n) is 7.35. The van der Waals surface area contributed by atoms with Crippen LogP contribution < -0.4 is 9.64 Å². The average Bonchev–Trinajstić information content (AvgIpc) is 3.25. The first-order valence-corrected chi connectivity index (χ1v) is 18.0. The highest BCUT2D eigenvalue weighted by Crippen LogP contribution is 2.50. The van der Waals surface area contributed by atoms with Gasteiger partial charge in [0.25, 0.3) is 0 Å². The van der Waals surface area contributed by atoms with E-state index < -0.39 is 0 Å². The number of anilines is 3. The second kappa shape index (κ2) is 13.3. The van der Waals surface area contributed by atoms with E-state index in [9.17, 15) is 0 Å². The fraction of sp³-hybridized carbons (Fsp3) is 0. The van der Waals surface area contributed by atoms with Gasteiger partial charge in [0.05, 0.1) is 0 Å². The van der Waals surface area contributed by atoms with Gasteiger partial charge >= 0.3 is 0 Å². The highest BCUT2D eigenvalue weighted by molar-refractivity contribution is 6.10. The van der Waals surface area contributed by atoms with Crippen molar-refractivity contribution in [2.24, 2.45) is 0 Å². The number of hydrogen-bond donors (Lipinski definition) is 0. The van der Waals surface area contributed by atoms with Crippen LogP contribution in [0.1, 0.15) is 0 Å². The van der Waals surface area contributed by atoms with Gasteiger partial charge in [-0.15, -0.1) is 0 Å². The van der Waals surface area contributed by atoms with Crippen LogP contribution in [0.3, 0.4) is 0 Å². The van der Waals surface area contributed by atoms with Crippen LogP contribution in [0.15, 0.2) is 194 Å². The Morgan fingerprint density at radius 3 is 1.41 bits per heavy atom. The Morgan fingerprint density at radius 1 is 0.333 bits per heavy atom. The van der Waals surface area contributed by atoms with E-state index in [0.717, 1.165) is 78.3 Å². The number of para-hydroxylation sites is 2. The molecule has 0 bridgehead atoms. The third kappa shape index (κ3) is 5.65. The molecule has 0 saturated heterocycles. The molecule has 254 valence electrons. The van der Waals surface area contributed by atoms with Gasteiger partial charge in [-0.25, -0.2) is 15.0 Å². The zero-order valence-electron chi connectivity index (χ0n) is 29.2. The van der Waals surface area contributed by atoms with Crippen LogP contribution in [0.25, 0.3) is 67.2 Å². The van der Waals surface area contributed by atoms with Crippen LogP contribution in [-0.2, 0) is 0 Å². The summed E-state index contributed by atoms with van der Waals surface area (Å²) in [5.41, 5.74) is 10.5. The summed E-state index contributed by atoms with van der Waals surface area (Å²) in [7, 11) is 0. The van der Waals surface area contributed by atoms with Crippen molar-refractivity contribution >= 4 is 27.8 Å². The lowest BCUT2D eigenvalue weighted by Gasteiger charge is -2.28. The number of nitrogens with zero attached hydrogens (tertiary/aromatic N) is 4. The number of aromatic nitrogens is 3. The van der Waals surface area contributed by atoms with E-state index in [1.165, 1.54) is 0 Å². The van der Waals surface area contributed by atoms with Gasteiger partial charge in [-0.05, 0) is 64.5 Å². The molecule has 1 aromatic heterocycles. The Balaban J connectivity index is 1.02. The van der Waals surface area contributed by atoms with Crippen LogP contribution in [-0.4, -0.2) is 15.0 Å². The van der Waals surface area contributed by atoms with Crippen molar-refractivity contribution in [3.63, 3.8) is 0 Å². The van der Waals surface area contributed by atoms with E-state index >= 15 is 0 Å². The Bertz CT molecular complexity index is 2680. The van der Waals surface area contributed by atoms with Gasteiger partial charge in [0.2, 0.25) is 0 Å². The monoisotopic (exact) mass is 692 g/mol. The van der Waals surface area contributed by atoms with Crippen molar-refractivity contribution < 1.29 is 4.74 Å². The maximum atomic E-state index is 6.73. The minimum atomic E-state index is 0.633. The summed E-state index contributed by atoms with van der Waals surface area (Å²) in [6, 6.07) is 66.8. The normalized spacial score (nSPS) is 11.5. The van der Waals surface area contributed by atoms with E-state index in [2.05, 4.69) is 126 Å². The summed E-state index contributed by atoms with van der Waals surface area (Å²) in [5, 5.41) is 2.25. The summed E-state index contributed by atoms with van der Waals surface area (Å²) in [6.45, 7) is 0. The van der Waals surface area contributed by atoms with E-state index in [1.54, 1.807) is 0 Å². The number of benzene rings is 8. The van der Waals surface area contributed by atoms with Crippen molar-refractivity contribution in [1.29, 1.82) is 0 Å². The molecule has 0 amide bonds. The Kier molecular flexibility index (Phi) is 7.73. The molecular formula is C49H32N4O. The zero-order valence-corrected chi connectivity index (χ0v) is 29.2. The first-order valence-electron chi connectivity index (χ1n) is 18.0. The molecule has 5 heteroatoms. The van der Waals surface area contributed by atoms with Crippen LogP contribution in [0.5, 0.6) is 11.5 Å². The molecule has 54 heavy (non-hydrogen) atoms. The van der Waals surface area contributed by atoms with Gasteiger partial charge in [-0.2, -0.15) is 0 Å². The van der Waals surface area contributed by atoms with Gasteiger partial charge < -0.3 is 9.64 Å². The Labute approximate surface area is 313 Å². The molecule has 8 aromatic carbocycles. The SMILES string of the molecule is c1ccc(-c2nc(-c3ccccc3)nc(-c3ccc(-c4ccc5c6c(cccc46)-c4ccc(N(c6ccccc6)c6ccccc6)cc4O5)cc3)n2)cc1. The number of fused-ring (bicyclic) bond motifs is 2. The molecule has 9 aromatic rings. The van der Waals surface area contributed by atoms with Crippen LogP contribution in [0.2, 0.25) is 0 Å². The maximum absolute atomic E-state index is 6.73. The Hall–Kier alpha value is -7.37. The van der Waals surface area contributed by atoms with E-state index in [-0.39, 0.29) is 0 Å². The predicted octanol–water partition coefficient (Wildman–Crippen LogP) is 12.9. The molecule has 0 N–H and O–H groups in total. The molecule has 2 heterocycles.